The first kappa shape index (κ1) is 30.1. The normalized spacial score (nSPS) is 18.9. The summed E-state index contributed by atoms with van der Waals surface area (Å²) in [6, 6.07) is 24.8. The van der Waals surface area contributed by atoms with Crippen LogP contribution >= 0.6 is 0 Å². The number of nitrogens with zero attached hydrogens (tertiary/aromatic N) is 2. The molecule has 0 atom stereocenters. The van der Waals surface area contributed by atoms with Gasteiger partial charge in [-0.05, 0) is 80.5 Å². The van der Waals surface area contributed by atoms with E-state index in [1.165, 1.54) is 0 Å². The Kier molecular flexibility index (Phi) is 9.97. The predicted molar refractivity (Wildman–Crippen MR) is 165 cm³/mol. The minimum absolute atomic E-state index is 0.00780. The summed E-state index contributed by atoms with van der Waals surface area (Å²) < 4.78 is 10.6. The summed E-state index contributed by atoms with van der Waals surface area (Å²) in [5.74, 6) is 1.20. The monoisotopic (exact) mass is 583 g/mol. The van der Waals surface area contributed by atoms with Crippen molar-refractivity contribution in [3.63, 3.8) is 0 Å². The first-order valence-electron chi connectivity index (χ1n) is 15.2. The first-order valence-corrected chi connectivity index (χ1v) is 15.2. The van der Waals surface area contributed by atoms with Crippen molar-refractivity contribution < 1.29 is 23.9 Å². The summed E-state index contributed by atoms with van der Waals surface area (Å²) in [4.78, 5) is 43.8. The highest BCUT2D eigenvalue weighted by Crippen LogP contribution is 2.28. The van der Waals surface area contributed by atoms with Gasteiger partial charge in [-0.2, -0.15) is 0 Å². The molecule has 3 aromatic rings. The molecule has 0 spiro atoms. The maximum atomic E-state index is 13.7. The number of likely N-dealkylation sites (tertiary alicyclic amines) is 1. The molecular weight excluding hydrogens is 542 g/mol. The molecule has 0 unspecified atom stereocenters. The van der Waals surface area contributed by atoms with Gasteiger partial charge in [0.1, 0.15) is 11.5 Å². The molecule has 3 amide bonds. The van der Waals surface area contributed by atoms with Gasteiger partial charge in [0.05, 0.1) is 19.8 Å². The zero-order chi connectivity index (χ0) is 30.2. The van der Waals surface area contributed by atoms with Crippen LogP contribution in [0.25, 0.3) is 0 Å². The number of nitrogens with one attached hydrogen (secondary N) is 1. The third kappa shape index (κ3) is 7.37. The van der Waals surface area contributed by atoms with Gasteiger partial charge in [-0.15, -0.1) is 0 Å². The largest absolute Gasteiger partial charge is 0.497 e. The van der Waals surface area contributed by atoms with Crippen molar-refractivity contribution in [1.82, 2.24) is 15.1 Å². The van der Waals surface area contributed by atoms with Gasteiger partial charge in [0, 0.05) is 43.2 Å². The molecule has 1 aliphatic heterocycles. The molecule has 5 rings (SSSR count). The fourth-order valence-electron chi connectivity index (χ4n) is 6.23. The zero-order valence-corrected chi connectivity index (χ0v) is 25.0. The van der Waals surface area contributed by atoms with Crippen molar-refractivity contribution in [2.45, 2.75) is 57.2 Å². The Balaban J connectivity index is 1.15. The molecule has 1 saturated heterocycles. The van der Waals surface area contributed by atoms with Crippen molar-refractivity contribution >= 4 is 17.7 Å². The van der Waals surface area contributed by atoms with Gasteiger partial charge < -0.3 is 24.6 Å². The van der Waals surface area contributed by atoms with Crippen molar-refractivity contribution in [2.24, 2.45) is 5.92 Å². The standard InChI is InChI=1S/C35H41N3O5/c1-42-30-18-12-27(13-19-30)34(40)38(24-25-8-4-3-5-9-25)29-16-14-28(15-17-29)36-33(39)26-20-22-37(23-21-26)35(41)31-10-6-7-11-32(31)43-2/h3-13,18-19,26,28-29H,14-17,20-24H2,1-2H3,(H,36,39). The highest BCUT2D eigenvalue weighted by Gasteiger charge is 2.33. The Bertz CT molecular complexity index is 1380. The number of benzene rings is 3. The molecule has 43 heavy (non-hydrogen) atoms. The second kappa shape index (κ2) is 14.2. The third-order valence-corrected chi connectivity index (χ3v) is 8.77. The van der Waals surface area contributed by atoms with Crippen molar-refractivity contribution in [3.05, 3.63) is 95.6 Å². The number of amides is 3. The smallest absolute Gasteiger partial charge is 0.257 e. The van der Waals surface area contributed by atoms with Gasteiger partial charge in [-0.1, -0.05) is 42.5 Å². The van der Waals surface area contributed by atoms with Crippen LogP contribution in [-0.2, 0) is 11.3 Å². The van der Waals surface area contributed by atoms with E-state index in [9.17, 15) is 14.4 Å². The average molecular weight is 584 g/mol. The maximum Gasteiger partial charge on any atom is 0.257 e. The zero-order valence-electron chi connectivity index (χ0n) is 25.0. The van der Waals surface area contributed by atoms with Crippen LogP contribution in [0, 0.1) is 5.92 Å². The van der Waals surface area contributed by atoms with Crippen molar-refractivity contribution in [3.8, 4) is 11.5 Å². The molecule has 1 heterocycles. The number of hydrogen-bond donors (Lipinski definition) is 1. The Hall–Kier alpha value is -4.33. The van der Waals surface area contributed by atoms with Gasteiger partial charge in [0.2, 0.25) is 5.91 Å². The van der Waals surface area contributed by atoms with Crippen LogP contribution in [0.15, 0.2) is 78.9 Å². The van der Waals surface area contributed by atoms with Crippen LogP contribution in [0.2, 0.25) is 0 Å². The number of methoxy groups -OCH3 is 2. The van der Waals surface area contributed by atoms with E-state index >= 15 is 0 Å². The minimum Gasteiger partial charge on any atom is -0.497 e. The van der Waals surface area contributed by atoms with Crippen molar-refractivity contribution in [2.75, 3.05) is 27.3 Å². The topological polar surface area (TPSA) is 88.2 Å². The van der Waals surface area contributed by atoms with E-state index in [4.69, 9.17) is 9.47 Å². The highest BCUT2D eigenvalue weighted by molar-refractivity contribution is 5.97. The number of ether oxygens (including phenoxy) is 2. The number of hydrogen-bond acceptors (Lipinski definition) is 5. The average Bonchev–Trinajstić information content (AvgIpc) is 3.07. The summed E-state index contributed by atoms with van der Waals surface area (Å²) in [5.41, 5.74) is 2.29. The quantitative estimate of drug-likeness (QED) is 0.368. The molecule has 8 nitrogen and oxygen atoms in total. The van der Waals surface area contributed by atoms with E-state index in [0.29, 0.717) is 49.4 Å². The highest BCUT2D eigenvalue weighted by atomic mass is 16.5. The number of carbonyl (C=O) groups excluding carboxylic acids is 3. The molecule has 3 aromatic carbocycles. The van der Waals surface area contributed by atoms with Gasteiger partial charge in [0.15, 0.2) is 0 Å². The fraction of sp³-hybridized carbons (Fsp3) is 0.400. The Morgan fingerprint density at radius 1 is 0.791 bits per heavy atom. The lowest BCUT2D eigenvalue weighted by atomic mass is 9.88. The lowest BCUT2D eigenvalue weighted by molar-refractivity contribution is -0.127. The molecule has 1 N–H and O–H groups in total. The summed E-state index contributed by atoms with van der Waals surface area (Å²) in [7, 11) is 3.18. The number of piperidine rings is 1. The molecule has 2 fully saturated rings. The van der Waals surface area contributed by atoms with E-state index in [1.807, 2.05) is 64.4 Å². The Labute approximate surface area is 254 Å². The van der Waals surface area contributed by atoms with Crippen LogP contribution in [0.5, 0.6) is 11.5 Å². The Morgan fingerprint density at radius 2 is 1.44 bits per heavy atom. The molecule has 8 heteroatoms. The summed E-state index contributed by atoms with van der Waals surface area (Å²) in [6.45, 7) is 1.63. The van der Waals surface area contributed by atoms with E-state index < -0.39 is 0 Å². The summed E-state index contributed by atoms with van der Waals surface area (Å²) in [5, 5.41) is 3.29. The maximum absolute atomic E-state index is 13.7. The van der Waals surface area contributed by atoms with Gasteiger partial charge in [0.25, 0.3) is 11.8 Å². The van der Waals surface area contributed by atoms with E-state index in [0.717, 1.165) is 37.0 Å². The Morgan fingerprint density at radius 3 is 2.09 bits per heavy atom. The van der Waals surface area contributed by atoms with Crippen LogP contribution in [0.1, 0.15) is 64.8 Å². The van der Waals surface area contributed by atoms with Gasteiger partial charge >= 0.3 is 0 Å². The fourth-order valence-corrected chi connectivity index (χ4v) is 6.23. The SMILES string of the molecule is COc1ccc(C(=O)N(Cc2ccccc2)C2CCC(NC(=O)C3CCN(C(=O)c4ccccc4OC)CC3)CC2)cc1. The molecule has 0 aromatic heterocycles. The van der Waals surface area contributed by atoms with Crippen LogP contribution in [0.4, 0.5) is 0 Å². The number of carbonyl (C=O) groups is 3. The first-order chi connectivity index (χ1) is 21.0. The van der Waals surface area contributed by atoms with Gasteiger partial charge in [-0.25, -0.2) is 0 Å². The lowest BCUT2D eigenvalue weighted by Crippen LogP contribution is -2.48. The molecular formula is C35H41N3O5. The van der Waals surface area contributed by atoms with Crippen LogP contribution < -0.4 is 14.8 Å². The molecule has 2 aliphatic rings. The van der Waals surface area contributed by atoms with Crippen molar-refractivity contribution in [1.29, 1.82) is 0 Å². The van der Waals surface area contributed by atoms with Crippen LogP contribution in [-0.4, -0.2) is 66.9 Å². The van der Waals surface area contributed by atoms with Crippen LogP contribution in [0.3, 0.4) is 0 Å². The predicted octanol–water partition coefficient (Wildman–Crippen LogP) is 5.33. The molecule has 226 valence electrons. The second-order valence-corrected chi connectivity index (χ2v) is 11.4. The van der Waals surface area contributed by atoms with E-state index in [1.54, 1.807) is 26.4 Å². The summed E-state index contributed by atoms with van der Waals surface area (Å²) >= 11 is 0. The van der Waals surface area contributed by atoms with Gasteiger partial charge in [-0.3, -0.25) is 14.4 Å². The molecule has 1 saturated carbocycles. The third-order valence-electron chi connectivity index (χ3n) is 8.77. The van der Waals surface area contributed by atoms with E-state index in [-0.39, 0.29) is 35.7 Å². The molecule has 0 radical (unpaired) electrons. The van der Waals surface area contributed by atoms with E-state index in [2.05, 4.69) is 17.4 Å². The second-order valence-electron chi connectivity index (χ2n) is 11.4. The number of para-hydroxylation sites is 1. The minimum atomic E-state index is -0.106. The lowest BCUT2D eigenvalue weighted by Gasteiger charge is -2.38. The summed E-state index contributed by atoms with van der Waals surface area (Å²) in [6.07, 6.45) is 4.58. The molecule has 1 aliphatic carbocycles. The molecule has 0 bridgehead atoms. The number of rotatable bonds is 9.